The van der Waals surface area contributed by atoms with Crippen LogP contribution in [-0.4, -0.2) is 40.7 Å². The van der Waals surface area contributed by atoms with Crippen LogP contribution in [0.3, 0.4) is 0 Å². The molecule has 3 amide bonds. The Bertz CT molecular complexity index is 1750. The maximum Gasteiger partial charge on any atom is 0.416 e. The lowest BCUT2D eigenvalue weighted by Crippen LogP contribution is -2.36. The Kier molecular flexibility index (Phi) is 9.34. The number of rotatable bonds is 5. The first-order chi connectivity index (χ1) is 20.7. The van der Waals surface area contributed by atoms with Gasteiger partial charge in [0, 0.05) is 29.4 Å². The number of nitrogens with two attached hydrogens (primary N) is 1. The second-order valence-corrected chi connectivity index (χ2v) is 11.4. The summed E-state index contributed by atoms with van der Waals surface area (Å²) in [5.74, 6) is 5.39. The molecule has 13 heteroatoms. The largest absolute Gasteiger partial charge is 0.444 e. The SMILES string of the molecule is CCN(CC#Cc1cnc(N)c2c(-c3ccc(NC(=O)Nc4cc(C(F)(F)F)ccc4F)cc3)csc12)C(=O)OC(C)(C)C. The van der Waals surface area contributed by atoms with Gasteiger partial charge in [0.05, 0.1) is 28.1 Å². The Hall–Kier alpha value is -4.83. The van der Waals surface area contributed by atoms with Crippen LogP contribution in [0, 0.1) is 17.7 Å². The molecule has 0 saturated carbocycles. The number of anilines is 3. The summed E-state index contributed by atoms with van der Waals surface area (Å²) in [5, 5.41) is 7.18. The third-order valence-corrected chi connectivity index (χ3v) is 7.16. The number of fused-ring (bicyclic) bond motifs is 1. The second kappa shape index (κ2) is 12.8. The lowest BCUT2D eigenvalue weighted by atomic mass is 10.0. The minimum absolute atomic E-state index is 0.165. The Balaban J connectivity index is 1.49. The number of hydrogen-bond acceptors (Lipinski definition) is 6. The zero-order chi connectivity index (χ0) is 32.2. The predicted octanol–water partition coefficient (Wildman–Crippen LogP) is 7.96. The van der Waals surface area contributed by atoms with E-state index >= 15 is 0 Å². The molecule has 0 aliphatic rings. The Labute approximate surface area is 255 Å². The first-order valence-electron chi connectivity index (χ1n) is 13.3. The number of urea groups is 1. The lowest BCUT2D eigenvalue weighted by Gasteiger charge is -2.25. The van der Waals surface area contributed by atoms with E-state index in [0.29, 0.717) is 47.2 Å². The van der Waals surface area contributed by atoms with Crippen LogP contribution in [0.1, 0.15) is 38.8 Å². The molecule has 4 aromatic rings. The molecule has 0 bridgehead atoms. The monoisotopic (exact) mass is 627 g/mol. The molecule has 0 aliphatic heterocycles. The highest BCUT2D eigenvalue weighted by Gasteiger charge is 2.31. The van der Waals surface area contributed by atoms with Crippen molar-refractivity contribution in [3.63, 3.8) is 0 Å². The lowest BCUT2D eigenvalue weighted by molar-refractivity contribution is -0.137. The zero-order valence-corrected chi connectivity index (χ0v) is 25.0. The molecule has 2 aromatic carbocycles. The first kappa shape index (κ1) is 32.1. The molecule has 0 unspecified atom stereocenters. The molecule has 8 nitrogen and oxygen atoms in total. The highest BCUT2D eigenvalue weighted by Crippen LogP contribution is 2.38. The molecular formula is C31H29F4N5O3S. The van der Waals surface area contributed by atoms with E-state index in [0.717, 1.165) is 15.8 Å². The first-order valence-corrected chi connectivity index (χ1v) is 14.2. The van der Waals surface area contributed by atoms with Gasteiger partial charge < -0.3 is 21.1 Å². The smallest absolute Gasteiger partial charge is 0.416 e. The third-order valence-electron chi connectivity index (χ3n) is 6.15. The summed E-state index contributed by atoms with van der Waals surface area (Å²) in [4.78, 5) is 30.6. The fraction of sp³-hybridized carbons (Fsp3) is 0.258. The molecule has 0 aliphatic carbocycles. The standard InChI is InChI=1S/C31H29F4N5O3S/c1-5-40(29(42)43-30(2,3)4)14-6-7-19-16-37-27(36)25-22(17-44-26(19)25)18-8-11-21(12-9-18)38-28(41)39-24-15-20(31(33,34)35)10-13-23(24)32/h8-13,15-17H,5,14H2,1-4H3,(H2,36,37)(H2,38,39,41). The highest BCUT2D eigenvalue weighted by molar-refractivity contribution is 7.18. The van der Waals surface area contributed by atoms with Gasteiger partial charge in [-0.1, -0.05) is 24.0 Å². The minimum atomic E-state index is -4.69. The molecule has 0 fully saturated rings. The fourth-order valence-corrected chi connectivity index (χ4v) is 5.10. The number of halogens is 4. The van der Waals surface area contributed by atoms with Crippen LogP contribution in [0.2, 0.25) is 0 Å². The van der Waals surface area contributed by atoms with E-state index in [1.54, 1.807) is 51.2 Å². The topological polar surface area (TPSA) is 110 Å². The van der Waals surface area contributed by atoms with Gasteiger partial charge >= 0.3 is 18.3 Å². The van der Waals surface area contributed by atoms with Crippen molar-refractivity contribution in [1.29, 1.82) is 0 Å². The molecule has 44 heavy (non-hydrogen) atoms. The van der Waals surface area contributed by atoms with Crippen molar-refractivity contribution >= 4 is 50.7 Å². The van der Waals surface area contributed by atoms with Crippen molar-refractivity contribution in [2.45, 2.75) is 39.5 Å². The number of nitrogens with one attached hydrogen (secondary N) is 2. The molecule has 2 aromatic heterocycles. The fourth-order valence-electron chi connectivity index (χ4n) is 4.05. The summed E-state index contributed by atoms with van der Waals surface area (Å²) < 4.78 is 59.1. The van der Waals surface area contributed by atoms with Crippen LogP contribution in [-0.2, 0) is 10.9 Å². The van der Waals surface area contributed by atoms with Crippen LogP contribution in [0.15, 0.2) is 54.0 Å². The minimum Gasteiger partial charge on any atom is -0.444 e. The Morgan fingerprint density at radius 2 is 1.80 bits per heavy atom. The quantitative estimate of drug-likeness (QED) is 0.154. The molecule has 0 atom stereocenters. The second-order valence-electron chi connectivity index (χ2n) is 10.6. The molecular weight excluding hydrogens is 598 g/mol. The number of hydrogen-bond donors (Lipinski definition) is 3. The number of benzene rings is 2. The number of amides is 3. The van der Waals surface area contributed by atoms with Crippen molar-refractivity contribution in [2.75, 3.05) is 29.5 Å². The number of carbonyl (C=O) groups excluding carboxylic acids is 2. The van der Waals surface area contributed by atoms with Gasteiger partial charge in [0.25, 0.3) is 0 Å². The molecule has 230 valence electrons. The van der Waals surface area contributed by atoms with E-state index in [9.17, 15) is 27.2 Å². The van der Waals surface area contributed by atoms with E-state index in [1.165, 1.54) is 16.2 Å². The number of nitrogen functional groups attached to an aromatic ring is 1. The maximum absolute atomic E-state index is 14.0. The van der Waals surface area contributed by atoms with E-state index in [-0.39, 0.29) is 6.54 Å². The summed E-state index contributed by atoms with van der Waals surface area (Å²) >= 11 is 1.43. The van der Waals surface area contributed by atoms with Crippen molar-refractivity contribution in [3.05, 3.63) is 71.0 Å². The molecule has 0 radical (unpaired) electrons. The summed E-state index contributed by atoms with van der Waals surface area (Å²) in [6, 6.07) is 7.46. The van der Waals surface area contributed by atoms with Gasteiger partial charge in [0.15, 0.2) is 0 Å². The van der Waals surface area contributed by atoms with Crippen molar-refractivity contribution < 1.29 is 31.9 Å². The molecule has 0 spiro atoms. The van der Waals surface area contributed by atoms with Gasteiger partial charge in [-0.25, -0.2) is 19.0 Å². The summed E-state index contributed by atoms with van der Waals surface area (Å²) in [5.41, 5.74) is 6.42. The van der Waals surface area contributed by atoms with Crippen molar-refractivity contribution in [1.82, 2.24) is 9.88 Å². The number of ether oxygens (including phenoxy) is 1. The molecule has 4 N–H and O–H groups in total. The van der Waals surface area contributed by atoms with Crippen LogP contribution in [0.4, 0.5) is 44.3 Å². The van der Waals surface area contributed by atoms with Gasteiger partial charge in [0.2, 0.25) is 0 Å². The number of carbonyl (C=O) groups is 2. The predicted molar refractivity (Wildman–Crippen MR) is 164 cm³/mol. The van der Waals surface area contributed by atoms with Crippen LogP contribution in [0.5, 0.6) is 0 Å². The number of pyridine rings is 1. The van der Waals surface area contributed by atoms with Crippen molar-refractivity contribution in [3.8, 4) is 23.0 Å². The highest BCUT2D eigenvalue weighted by atomic mass is 32.1. The molecule has 0 saturated heterocycles. The van der Waals surface area contributed by atoms with Gasteiger partial charge in [-0.05, 0) is 69.0 Å². The number of aromatic nitrogens is 1. The molecule has 4 rings (SSSR count). The van der Waals surface area contributed by atoms with Crippen LogP contribution in [0.25, 0.3) is 21.2 Å². The maximum atomic E-state index is 14.0. The summed E-state index contributed by atoms with van der Waals surface area (Å²) in [6.07, 6.45) is -3.56. The summed E-state index contributed by atoms with van der Waals surface area (Å²) in [6.45, 7) is 7.81. The van der Waals surface area contributed by atoms with Crippen LogP contribution < -0.4 is 16.4 Å². The van der Waals surface area contributed by atoms with Gasteiger partial charge in [-0.15, -0.1) is 11.3 Å². The Morgan fingerprint density at radius 3 is 2.43 bits per heavy atom. The zero-order valence-electron chi connectivity index (χ0n) is 24.2. The number of alkyl halides is 3. The normalized spacial score (nSPS) is 11.5. The van der Waals surface area contributed by atoms with Crippen LogP contribution >= 0.6 is 11.3 Å². The molecule has 2 heterocycles. The average Bonchev–Trinajstić information content (AvgIpc) is 3.38. The van der Waals surface area contributed by atoms with Crippen molar-refractivity contribution in [2.24, 2.45) is 0 Å². The average molecular weight is 628 g/mol. The Morgan fingerprint density at radius 1 is 1.09 bits per heavy atom. The van der Waals surface area contributed by atoms with Gasteiger partial charge in [-0.3, -0.25) is 4.90 Å². The van der Waals surface area contributed by atoms with Gasteiger partial charge in [0.1, 0.15) is 17.2 Å². The number of thiophene rings is 1. The van der Waals surface area contributed by atoms with E-state index in [1.807, 2.05) is 12.3 Å². The van der Waals surface area contributed by atoms with E-state index in [2.05, 4.69) is 27.5 Å². The van der Waals surface area contributed by atoms with E-state index < -0.39 is 41.0 Å². The summed E-state index contributed by atoms with van der Waals surface area (Å²) in [7, 11) is 0. The third kappa shape index (κ3) is 7.76. The number of nitrogens with zero attached hydrogens (tertiary/aromatic N) is 2. The van der Waals surface area contributed by atoms with Gasteiger partial charge in [-0.2, -0.15) is 13.2 Å². The van der Waals surface area contributed by atoms with E-state index in [4.69, 9.17) is 10.5 Å².